The van der Waals surface area contributed by atoms with Crippen LogP contribution in [0.2, 0.25) is 0 Å². The Morgan fingerprint density at radius 2 is 1.62 bits per heavy atom. The van der Waals surface area contributed by atoms with Gasteiger partial charge in [-0.05, 0) is 53.7 Å². The second-order valence-corrected chi connectivity index (χ2v) is 9.57. The molecule has 1 saturated heterocycles. The molecule has 4 rings (SSSR count). The summed E-state index contributed by atoms with van der Waals surface area (Å²) in [6.45, 7) is 11.9. The van der Waals surface area contributed by atoms with Gasteiger partial charge in [0.15, 0.2) is 5.13 Å². The van der Waals surface area contributed by atoms with Crippen LogP contribution in [0.15, 0.2) is 23.6 Å². The highest BCUT2D eigenvalue weighted by atomic mass is 32.1. The first-order valence-corrected chi connectivity index (χ1v) is 10.1. The van der Waals surface area contributed by atoms with Crippen LogP contribution in [0.1, 0.15) is 64.5 Å². The van der Waals surface area contributed by atoms with E-state index in [0.29, 0.717) is 0 Å². The van der Waals surface area contributed by atoms with Crippen molar-refractivity contribution < 1.29 is 0 Å². The van der Waals surface area contributed by atoms with Crippen molar-refractivity contribution in [2.24, 2.45) is 0 Å². The lowest BCUT2D eigenvalue weighted by molar-refractivity contribution is 0.332. The van der Waals surface area contributed by atoms with Crippen LogP contribution in [0.4, 0.5) is 5.13 Å². The fourth-order valence-electron chi connectivity index (χ4n) is 4.20. The lowest BCUT2D eigenvalue weighted by Gasteiger charge is -2.42. The van der Waals surface area contributed by atoms with Crippen molar-refractivity contribution in [3.05, 3.63) is 34.7 Å². The monoisotopic (exact) mass is 340 g/mol. The quantitative estimate of drug-likeness (QED) is 0.691. The van der Waals surface area contributed by atoms with E-state index in [-0.39, 0.29) is 10.8 Å². The Hall–Kier alpha value is -1.35. The van der Waals surface area contributed by atoms with Crippen LogP contribution >= 0.6 is 11.3 Å². The number of nitrogens with zero attached hydrogens (tertiary/aromatic N) is 2. The summed E-state index contributed by atoms with van der Waals surface area (Å²) in [7, 11) is 0. The summed E-state index contributed by atoms with van der Waals surface area (Å²) in [4.78, 5) is 7.37. The summed E-state index contributed by atoms with van der Waals surface area (Å²) in [6.07, 6.45) is 5.13. The number of benzene rings is 1. The van der Waals surface area contributed by atoms with Crippen LogP contribution in [0.25, 0.3) is 11.3 Å². The van der Waals surface area contributed by atoms with Crippen molar-refractivity contribution in [2.45, 2.75) is 64.2 Å². The molecule has 0 radical (unpaired) electrons. The molecule has 2 aliphatic rings. The lowest BCUT2D eigenvalue weighted by Crippen LogP contribution is -2.33. The maximum Gasteiger partial charge on any atom is 0.185 e. The van der Waals surface area contributed by atoms with Crippen molar-refractivity contribution in [3.63, 3.8) is 0 Å². The highest BCUT2D eigenvalue weighted by molar-refractivity contribution is 7.14. The molecule has 2 aromatic rings. The van der Waals surface area contributed by atoms with E-state index in [0.717, 1.165) is 5.69 Å². The number of hydrogen-bond acceptors (Lipinski definition) is 3. The van der Waals surface area contributed by atoms with Crippen LogP contribution < -0.4 is 4.90 Å². The van der Waals surface area contributed by atoms with Gasteiger partial charge in [0, 0.05) is 24.0 Å². The molecule has 24 heavy (non-hydrogen) atoms. The summed E-state index contributed by atoms with van der Waals surface area (Å²) in [5, 5.41) is 3.43. The normalized spacial score (nSPS) is 21.8. The third-order valence-corrected chi connectivity index (χ3v) is 6.92. The first kappa shape index (κ1) is 16.1. The molecule has 0 spiro atoms. The van der Waals surface area contributed by atoms with Gasteiger partial charge in [-0.25, -0.2) is 4.98 Å². The number of fused-ring (bicyclic) bond motifs is 1. The Balaban J connectivity index is 1.73. The zero-order chi connectivity index (χ0) is 16.9. The number of thiazole rings is 1. The maximum atomic E-state index is 4.94. The Kier molecular flexibility index (Phi) is 3.76. The number of hydrogen-bond donors (Lipinski definition) is 0. The van der Waals surface area contributed by atoms with Crippen molar-refractivity contribution in [1.82, 2.24) is 4.98 Å². The minimum Gasteiger partial charge on any atom is -0.348 e. The molecule has 1 fully saturated rings. The summed E-state index contributed by atoms with van der Waals surface area (Å²) >= 11 is 1.79. The van der Waals surface area contributed by atoms with Crippen molar-refractivity contribution in [1.29, 1.82) is 0 Å². The van der Waals surface area contributed by atoms with Crippen LogP contribution in [0.3, 0.4) is 0 Å². The molecule has 0 atom stereocenters. The summed E-state index contributed by atoms with van der Waals surface area (Å²) in [5.74, 6) is 0. The van der Waals surface area contributed by atoms with E-state index < -0.39 is 0 Å². The molecule has 128 valence electrons. The van der Waals surface area contributed by atoms with E-state index >= 15 is 0 Å². The van der Waals surface area contributed by atoms with Gasteiger partial charge >= 0.3 is 0 Å². The molecule has 0 N–H and O–H groups in total. The van der Waals surface area contributed by atoms with E-state index in [2.05, 4.69) is 56.2 Å². The van der Waals surface area contributed by atoms with E-state index in [1.165, 1.54) is 60.6 Å². The van der Waals surface area contributed by atoms with Crippen molar-refractivity contribution in [3.8, 4) is 11.3 Å². The lowest BCUT2D eigenvalue weighted by atomic mass is 9.63. The predicted molar refractivity (Wildman–Crippen MR) is 104 cm³/mol. The molecule has 2 heterocycles. The first-order chi connectivity index (χ1) is 11.4. The molecular formula is C21H28N2S. The number of anilines is 1. The molecule has 1 aliphatic carbocycles. The fourth-order valence-corrected chi connectivity index (χ4v) is 5.09. The largest absolute Gasteiger partial charge is 0.348 e. The highest BCUT2D eigenvalue weighted by Gasteiger charge is 2.37. The molecular weight excluding hydrogens is 312 g/mol. The van der Waals surface area contributed by atoms with Gasteiger partial charge in [0.05, 0.1) is 5.69 Å². The Morgan fingerprint density at radius 3 is 2.33 bits per heavy atom. The summed E-state index contributed by atoms with van der Waals surface area (Å²) in [5.41, 5.74) is 6.01. The van der Waals surface area contributed by atoms with Gasteiger partial charge in [-0.2, -0.15) is 0 Å². The van der Waals surface area contributed by atoms with Crippen LogP contribution in [0.5, 0.6) is 0 Å². The number of rotatable bonds is 2. The molecule has 1 aromatic carbocycles. The minimum absolute atomic E-state index is 0.259. The van der Waals surface area contributed by atoms with Crippen molar-refractivity contribution >= 4 is 16.5 Å². The van der Waals surface area contributed by atoms with Gasteiger partial charge in [0.2, 0.25) is 0 Å². The van der Waals surface area contributed by atoms with Gasteiger partial charge < -0.3 is 4.90 Å². The second kappa shape index (κ2) is 5.59. The maximum absolute atomic E-state index is 4.94. The second-order valence-electron chi connectivity index (χ2n) is 8.74. The SMILES string of the molecule is CC1(C)CCC(C)(C)c2cc(-c3csc(N4CCCC4)n3)ccc21. The molecule has 3 heteroatoms. The van der Waals surface area contributed by atoms with Gasteiger partial charge in [0.1, 0.15) is 0 Å². The van der Waals surface area contributed by atoms with E-state index in [4.69, 9.17) is 4.98 Å². The molecule has 1 aromatic heterocycles. The zero-order valence-corrected chi connectivity index (χ0v) is 16.2. The van der Waals surface area contributed by atoms with E-state index in [1.807, 2.05) is 0 Å². The molecule has 0 unspecified atom stereocenters. The standard InChI is InChI=1S/C21H28N2S/c1-20(2)9-10-21(3,4)17-13-15(7-8-16(17)20)18-14-24-19(22-18)23-11-5-6-12-23/h7-8,13-14H,5-6,9-12H2,1-4H3. The van der Waals surface area contributed by atoms with Gasteiger partial charge in [0.25, 0.3) is 0 Å². The number of aromatic nitrogens is 1. The summed E-state index contributed by atoms with van der Waals surface area (Å²) in [6, 6.07) is 7.06. The first-order valence-electron chi connectivity index (χ1n) is 9.23. The average Bonchev–Trinajstić information content (AvgIpc) is 3.22. The van der Waals surface area contributed by atoms with Crippen LogP contribution in [-0.4, -0.2) is 18.1 Å². The fraction of sp³-hybridized carbons (Fsp3) is 0.571. The molecule has 0 saturated carbocycles. The van der Waals surface area contributed by atoms with Gasteiger partial charge in [-0.3, -0.25) is 0 Å². The zero-order valence-electron chi connectivity index (χ0n) is 15.4. The van der Waals surface area contributed by atoms with Crippen LogP contribution in [0, 0.1) is 0 Å². The minimum atomic E-state index is 0.259. The Morgan fingerprint density at radius 1 is 0.958 bits per heavy atom. The Labute approximate surface area is 149 Å². The topological polar surface area (TPSA) is 16.1 Å². The molecule has 1 aliphatic heterocycles. The smallest absolute Gasteiger partial charge is 0.185 e. The third kappa shape index (κ3) is 2.67. The van der Waals surface area contributed by atoms with Gasteiger partial charge in [-0.15, -0.1) is 11.3 Å². The van der Waals surface area contributed by atoms with E-state index in [1.54, 1.807) is 11.3 Å². The molecule has 2 nitrogen and oxygen atoms in total. The van der Waals surface area contributed by atoms with Crippen LogP contribution in [-0.2, 0) is 10.8 Å². The van der Waals surface area contributed by atoms with Gasteiger partial charge in [-0.1, -0.05) is 39.8 Å². The molecule has 0 amide bonds. The van der Waals surface area contributed by atoms with Crippen molar-refractivity contribution in [2.75, 3.05) is 18.0 Å². The predicted octanol–water partition coefficient (Wildman–Crippen LogP) is 5.76. The average molecular weight is 341 g/mol. The molecule has 0 bridgehead atoms. The Bertz CT molecular complexity index is 751. The summed E-state index contributed by atoms with van der Waals surface area (Å²) < 4.78 is 0. The highest BCUT2D eigenvalue weighted by Crippen LogP contribution is 2.46. The van der Waals surface area contributed by atoms with E-state index in [9.17, 15) is 0 Å². The third-order valence-electron chi connectivity index (χ3n) is 6.02.